The number of Topliss-reactive ketones (excluding diaryl/α,β-unsaturated/α-hetero) is 1. The molecule has 0 amide bonds. The molecule has 0 heterocycles. The molecule has 1 aromatic rings. The lowest BCUT2D eigenvalue weighted by Crippen LogP contribution is -2.31. The first-order valence-corrected chi connectivity index (χ1v) is 6.80. The Morgan fingerprint density at radius 3 is 2.56 bits per heavy atom. The highest BCUT2D eigenvalue weighted by atomic mass is 35.5. The fraction of sp³-hybridized carbons (Fsp3) is 0.500. The third-order valence-electron chi connectivity index (χ3n) is 2.67. The Bertz CT molecular complexity index is 416. The van der Waals surface area contributed by atoms with Crippen LogP contribution in [0.25, 0.3) is 0 Å². The largest absolute Gasteiger partial charge is 0.370 e. The maximum atomic E-state index is 12.2. The number of ketones is 1. The Hall–Kier alpha value is -0.570. The molecule has 0 bridgehead atoms. The summed E-state index contributed by atoms with van der Waals surface area (Å²) in [5.74, 6) is 0.187. The van der Waals surface area contributed by atoms with Gasteiger partial charge in [0.2, 0.25) is 0 Å². The van der Waals surface area contributed by atoms with E-state index in [0.717, 1.165) is 5.56 Å². The van der Waals surface area contributed by atoms with Crippen LogP contribution in [0.2, 0.25) is 10.0 Å². The van der Waals surface area contributed by atoms with E-state index in [2.05, 4.69) is 0 Å². The molecule has 0 saturated heterocycles. The van der Waals surface area contributed by atoms with Crippen molar-refractivity contribution in [3.63, 3.8) is 0 Å². The van der Waals surface area contributed by atoms with E-state index in [-0.39, 0.29) is 24.2 Å². The van der Waals surface area contributed by atoms with Crippen molar-refractivity contribution in [2.45, 2.75) is 33.3 Å². The van der Waals surface area contributed by atoms with E-state index in [0.29, 0.717) is 16.7 Å². The lowest BCUT2D eigenvalue weighted by molar-refractivity contribution is -0.132. The fourth-order valence-corrected chi connectivity index (χ4v) is 2.20. The molecule has 1 aromatic carbocycles. The summed E-state index contributed by atoms with van der Waals surface area (Å²) < 4.78 is 5.48. The normalized spacial score (nSPS) is 12.8. The van der Waals surface area contributed by atoms with Gasteiger partial charge in [-0.3, -0.25) is 4.79 Å². The molecular formula is C14H18Cl2O2. The van der Waals surface area contributed by atoms with Crippen molar-refractivity contribution in [3.05, 3.63) is 33.8 Å². The topological polar surface area (TPSA) is 26.3 Å². The Labute approximate surface area is 118 Å². The van der Waals surface area contributed by atoms with Crippen LogP contribution in [-0.2, 0) is 16.0 Å². The summed E-state index contributed by atoms with van der Waals surface area (Å²) in [7, 11) is 0. The van der Waals surface area contributed by atoms with Gasteiger partial charge in [-0.1, -0.05) is 49.2 Å². The zero-order chi connectivity index (χ0) is 13.7. The van der Waals surface area contributed by atoms with Gasteiger partial charge in [0.1, 0.15) is 6.10 Å². The number of rotatable bonds is 6. The standard InChI is InChI=1S/C14H18Cl2O2/c1-4-18-14(9(2)3)12(17)8-10-6-5-7-11(15)13(10)16/h5-7,9,14H,4,8H2,1-3H3. The molecule has 0 aliphatic carbocycles. The SMILES string of the molecule is CCOC(C(=O)Cc1cccc(Cl)c1Cl)C(C)C. The van der Waals surface area contributed by atoms with Gasteiger partial charge in [-0.2, -0.15) is 0 Å². The summed E-state index contributed by atoms with van der Waals surface area (Å²) >= 11 is 12.0. The molecule has 0 fully saturated rings. The summed E-state index contributed by atoms with van der Waals surface area (Å²) in [6.07, 6.45) is -0.132. The molecule has 0 saturated carbocycles. The number of halogens is 2. The first kappa shape index (κ1) is 15.5. The van der Waals surface area contributed by atoms with Crippen molar-refractivity contribution in [1.29, 1.82) is 0 Å². The van der Waals surface area contributed by atoms with Crippen LogP contribution >= 0.6 is 23.2 Å². The van der Waals surface area contributed by atoms with Crippen molar-refractivity contribution < 1.29 is 9.53 Å². The van der Waals surface area contributed by atoms with Crippen LogP contribution in [0.4, 0.5) is 0 Å². The van der Waals surface area contributed by atoms with Crippen LogP contribution in [0, 0.1) is 5.92 Å². The average molecular weight is 289 g/mol. The van der Waals surface area contributed by atoms with Gasteiger partial charge in [0.15, 0.2) is 5.78 Å². The van der Waals surface area contributed by atoms with E-state index in [1.54, 1.807) is 12.1 Å². The quantitative estimate of drug-likeness (QED) is 0.785. The maximum Gasteiger partial charge on any atom is 0.166 e. The third kappa shape index (κ3) is 3.98. The Morgan fingerprint density at radius 2 is 2.00 bits per heavy atom. The average Bonchev–Trinajstić information content (AvgIpc) is 2.31. The summed E-state index contributed by atoms with van der Waals surface area (Å²) in [6, 6.07) is 5.32. The summed E-state index contributed by atoms with van der Waals surface area (Å²) in [4.78, 5) is 12.2. The van der Waals surface area contributed by atoms with Gasteiger partial charge in [0, 0.05) is 13.0 Å². The smallest absolute Gasteiger partial charge is 0.166 e. The van der Waals surface area contributed by atoms with Crippen LogP contribution in [-0.4, -0.2) is 18.5 Å². The molecule has 0 N–H and O–H groups in total. The highest BCUT2D eigenvalue weighted by molar-refractivity contribution is 6.42. The van der Waals surface area contributed by atoms with E-state index in [1.165, 1.54) is 0 Å². The van der Waals surface area contributed by atoms with Crippen LogP contribution in [0.5, 0.6) is 0 Å². The van der Waals surface area contributed by atoms with Crippen LogP contribution < -0.4 is 0 Å². The molecule has 18 heavy (non-hydrogen) atoms. The second-order valence-electron chi connectivity index (χ2n) is 4.48. The van der Waals surface area contributed by atoms with Gasteiger partial charge in [-0.25, -0.2) is 0 Å². The molecule has 0 spiro atoms. The molecule has 1 atom stereocenters. The van der Waals surface area contributed by atoms with Gasteiger partial charge >= 0.3 is 0 Å². The molecule has 100 valence electrons. The summed E-state index contributed by atoms with van der Waals surface area (Å²) in [5.41, 5.74) is 0.750. The van der Waals surface area contributed by atoms with E-state index in [1.807, 2.05) is 26.8 Å². The minimum Gasteiger partial charge on any atom is -0.370 e. The number of carbonyl (C=O) groups excluding carboxylic acids is 1. The zero-order valence-corrected chi connectivity index (χ0v) is 12.4. The Morgan fingerprint density at radius 1 is 1.33 bits per heavy atom. The summed E-state index contributed by atoms with van der Waals surface area (Å²) in [6.45, 7) is 6.35. The molecule has 2 nitrogen and oxygen atoms in total. The lowest BCUT2D eigenvalue weighted by Gasteiger charge is -2.19. The first-order chi connectivity index (χ1) is 8.47. The van der Waals surface area contributed by atoms with Crippen LogP contribution in [0.3, 0.4) is 0 Å². The fourth-order valence-electron chi connectivity index (χ4n) is 1.81. The van der Waals surface area contributed by atoms with Crippen LogP contribution in [0.1, 0.15) is 26.3 Å². The lowest BCUT2D eigenvalue weighted by atomic mass is 9.97. The van der Waals surface area contributed by atoms with Crippen molar-refractivity contribution >= 4 is 29.0 Å². The predicted octanol–water partition coefficient (Wildman–Crippen LogP) is 4.17. The van der Waals surface area contributed by atoms with Gasteiger partial charge in [0.25, 0.3) is 0 Å². The molecule has 0 aromatic heterocycles. The predicted molar refractivity (Wildman–Crippen MR) is 75.4 cm³/mol. The highest BCUT2D eigenvalue weighted by Gasteiger charge is 2.23. The van der Waals surface area contributed by atoms with Crippen molar-refractivity contribution in [2.24, 2.45) is 5.92 Å². The van der Waals surface area contributed by atoms with E-state index >= 15 is 0 Å². The number of carbonyl (C=O) groups is 1. The van der Waals surface area contributed by atoms with Crippen molar-refractivity contribution in [2.75, 3.05) is 6.61 Å². The minimum absolute atomic E-state index is 0.0380. The first-order valence-electron chi connectivity index (χ1n) is 6.04. The third-order valence-corrected chi connectivity index (χ3v) is 3.52. The number of hydrogen-bond donors (Lipinski definition) is 0. The maximum absolute atomic E-state index is 12.2. The van der Waals surface area contributed by atoms with Gasteiger partial charge in [-0.05, 0) is 24.5 Å². The molecular weight excluding hydrogens is 271 g/mol. The summed E-state index contributed by atoms with van der Waals surface area (Å²) in [5, 5.41) is 0.922. The van der Waals surface area contributed by atoms with E-state index in [4.69, 9.17) is 27.9 Å². The molecule has 0 radical (unpaired) electrons. The Kier molecular flexibility index (Phi) is 6.13. The number of hydrogen-bond acceptors (Lipinski definition) is 2. The highest BCUT2D eigenvalue weighted by Crippen LogP contribution is 2.26. The van der Waals surface area contributed by atoms with Crippen molar-refractivity contribution in [3.8, 4) is 0 Å². The van der Waals surface area contributed by atoms with Crippen LogP contribution in [0.15, 0.2) is 18.2 Å². The molecule has 1 unspecified atom stereocenters. The van der Waals surface area contributed by atoms with Gasteiger partial charge in [-0.15, -0.1) is 0 Å². The van der Waals surface area contributed by atoms with Crippen molar-refractivity contribution in [1.82, 2.24) is 0 Å². The second-order valence-corrected chi connectivity index (χ2v) is 5.26. The van der Waals surface area contributed by atoms with E-state index in [9.17, 15) is 4.79 Å². The molecule has 0 aliphatic rings. The van der Waals surface area contributed by atoms with E-state index < -0.39 is 0 Å². The molecule has 4 heteroatoms. The molecule has 1 rings (SSSR count). The number of benzene rings is 1. The second kappa shape index (κ2) is 7.13. The minimum atomic E-state index is -0.384. The molecule has 0 aliphatic heterocycles. The van der Waals surface area contributed by atoms with Gasteiger partial charge < -0.3 is 4.74 Å². The monoisotopic (exact) mass is 288 g/mol. The van der Waals surface area contributed by atoms with Gasteiger partial charge in [0.05, 0.1) is 10.0 Å². The zero-order valence-electron chi connectivity index (χ0n) is 10.9. The Balaban J connectivity index is 2.82. The number of ether oxygens (including phenoxy) is 1.